The number of hydrogen-bond donors (Lipinski definition) is 1. The topological polar surface area (TPSA) is 77.1 Å². The van der Waals surface area contributed by atoms with Crippen LogP contribution in [-0.2, 0) is 9.53 Å². The zero-order chi connectivity index (χ0) is 21.9. The van der Waals surface area contributed by atoms with Gasteiger partial charge in [-0.05, 0) is 58.6 Å². The van der Waals surface area contributed by atoms with E-state index >= 15 is 0 Å². The maximum absolute atomic E-state index is 13.4. The molecular formula is C22H31FN2O5. The number of rotatable bonds is 5. The highest BCUT2D eigenvalue weighted by atomic mass is 19.1. The average molecular weight is 422 g/mol. The van der Waals surface area contributed by atoms with Crippen molar-refractivity contribution in [1.82, 2.24) is 10.2 Å². The van der Waals surface area contributed by atoms with Crippen molar-refractivity contribution in [2.24, 2.45) is 5.92 Å². The molecule has 8 heteroatoms. The third-order valence-corrected chi connectivity index (χ3v) is 5.38. The van der Waals surface area contributed by atoms with Gasteiger partial charge >= 0.3 is 6.09 Å². The molecule has 30 heavy (non-hydrogen) atoms. The fraction of sp³-hybridized carbons (Fsp3) is 0.636. The van der Waals surface area contributed by atoms with E-state index in [0.29, 0.717) is 50.3 Å². The first kappa shape index (κ1) is 22.2. The Balaban J connectivity index is 1.39. The molecule has 0 bridgehead atoms. The van der Waals surface area contributed by atoms with E-state index < -0.39 is 11.4 Å². The van der Waals surface area contributed by atoms with Gasteiger partial charge in [-0.2, -0.15) is 0 Å². The molecule has 1 heterocycles. The summed E-state index contributed by atoms with van der Waals surface area (Å²) in [4.78, 5) is 26.3. The van der Waals surface area contributed by atoms with Crippen molar-refractivity contribution in [3.63, 3.8) is 0 Å². The Hall–Kier alpha value is -2.51. The second-order valence-corrected chi connectivity index (χ2v) is 8.95. The Morgan fingerprint density at radius 3 is 2.40 bits per heavy atom. The minimum absolute atomic E-state index is 0.0109. The predicted molar refractivity (Wildman–Crippen MR) is 109 cm³/mol. The van der Waals surface area contributed by atoms with Crippen molar-refractivity contribution in [3.8, 4) is 11.5 Å². The molecule has 1 saturated heterocycles. The number of carbonyl (C=O) groups excluding carboxylic acids is 2. The van der Waals surface area contributed by atoms with Crippen molar-refractivity contribution in [2.75, 3.05) is 20.2 Å². The Morgan fingerprint density at radius 1 is 1.13 bits per heavy atom. The molecule has 0 atom stereocenters. The van der Waals surface area contributed by atoms with Gasteiger partial charge in [-0.25, -0.2) is 9.18 Å². The lowest BCUT2D eigenvalue weighted by molar-refractivity contribution is -0.131. The van der Waals surface area contributed by atoms with Crippen LogP contribution >= 0.6 is 0 Å². The van der Waals surface area contributed by atoms with Gasteiger partial charge in [0.15, 0.2) is 11.5 Å². The van der Waals surface area contributed by atoms with E-state index in [-0.39, 0.29) is 30.1 Å². The number of benzene rings is 1. The Labute approximate surface area is 176 Å². The first-order valence-electron chi connectivity index (χ1n) is 10.4. The van der Waals surface area contributed by atoms with E-state index in [1.165, 1.54) is 25.3 Å². The quantitative estimate of drug-likeness (QED) is 0.786. The lowest BCUT2D eigenvalue weighted by Gasteiger charge is -2.37. The van der Waals surface area contributed by atoms with Crippen LogP contribution in [0, 0.1) is 11.7 Å². The van der Waals surface area contributed by atoms with Gasteiger partial charge in [0.05, 0.1) is 7.11 Å². The zero-order valence-corrected chi connectivity index (χ0v) is 18.1. The standard InChI is InChI=1S/C22H31FN2O5/c1-22(2,3)30-21(27)25-9-7-16(8-10-25)24-20(26)14-11-17(12-14)29-19-13-15(23)5-6-18(19)28-4/h5-6,13-14,16-17H,7-12H2,1-4H3,(H,24,26). The molecule has 2 amide bonds. The molecule has 0 unspecified atom stereocenters. The molecule has 1 aliphatic heterocycles. The number of likely N-dealkylation sites (tertiary alicyclic amines) is 1. The number of halogens is 1. The van der Waals surface area contributed by atoms with E-state index in [1.54, 1.807) is 4.90 Å². The molecule has 2 fully saturated rings. The van der Waals surface area contributed by atoms with Gasteiger partial charge in [-0.15, -0.1) is 0 Å². The molecule has 0 spiro atoms. The number of methoxy groups -OCH3 is 1. The molecule has 7 nitrogen and oxygen atoms in total. The number of amides is 2. The fourth-order valence-electron chi connectivity index (χ4n) is 3.65. The van der Waals surface area contributed by atoms with Gasteiger partial charge in [0.1, 0.15) is 17.5 Å². The summed E-state index contributed by atoms with van der Waals surface area (Å²) in [5, 5.41) is 3.09. The fourth-order valence-corrected chi connectivity index (χ4v) is 3.65. The maximum Gasteiger partial charge on any atom is 0.410 e. The van der Waals surface area contributed by atoms with Gasteiger partial charge < -0.3 is 24.4 Å². The molecular weight excluding hydrogens is 391 g/mol. The lowest BCUT2D eigenvalue weighted by Crippen LogP contribution is -2.51. The highest BCUT2D eigenvalue weighted by Gasteiger charge is 2.38. The lowest BCUT2D eigenvalue weighted by atomic mass is 9.81. The van der Waals surface area contributed by atoms with Crippen LogP contribution in [-0.4, -0.2) is 54.8 Å². The van der Waals surface area contributed by atoms with Crippen LogP contribution in [0.15, 0.2) is 18.2 Å². The van der Waals surface area contributed by atoms with Gasteiger partial charge in [0.2, 0.25) is 5.91 Å². The third kappa shape index (κ3) is 5.77. The number of ether oxygens (including phenoxy) is 3. The SMILES string of the molecule is COc1ccc(F)cc1OC1CC(C(=O)NC2CCN(C(=O)OC(C)(C)C)CC2)C1. The van der Waals surface area contributed by atoms with Crippen LogP contribution in [0.25, 0.3) is 0 Å². The molecule has 0 radical (unpaired) electrons. The number of piperidine rings is 1. The summed E-state index contributed by atoms with van der Waals surface area (Å²) >= 11 is 0. The van der Waals surface area contributed by atoms with Gasteiger partial charge in [-0.3, -0.25) is 4.79 Å². The second-order valence-electron chi connectivity index (χ2n) is 8.95. The molecule has 1 aliphatic carbocycles. The van der Waals surface area contributed by atoms with Crippen LogP contribution in [0.4, 0.5) is 9.18 Å². The van der Waals surface area contributed by atoms with E-state index in [0.717, 1.165) is 0 Å². The first-order chi connectivity index (χ1) is 14.1. The van der Waals surface area contributed by atoms with Gasteiger partial charge in [0.25, 0.3) is 0 Å². The Bertz CT molecular complexity index is 765. The largest absolute Gasteiger partial charge is 0.493 e. The van der Waals surface area contributed by atoms with E-state index in [1.807, 2.05) is 20.8 Å². The van der Waals surface area contributed by atoms with Crippen molar-refractivity contribution < 1.29 is 28.2 Å². The molecule has 1 aromatic rings. The molecule has 1 aromatic carbocycles. The van der Waals surface area contributed by atoms with Crippen molar-refractivity contribution in [2.45, 2.75) is 64.2 Å². The summed E-state index contributed by atoms with van der Waals surface area (Å²) in [6.45, 7) is 6.67. The molecule has 1 saturated carbocycles. The van der Waals surface area contributed by atoms with Gasteiger partial charge in [0, 0.05) is 31.1 Å². The normalized spacial score (nSPS) is 22.1. The number of nitrogens with one attached hydrogen (secondary N) is 1. The minimum atomic E-state index is -0.513. The average Bonchev–Trinajstić information content (AvgIpc) is 2.63. The van der Waals surface area contributed by atoms with Crippen LogP contribution in [0.3, 0.4) is 0 Å². The summed E-state index contributed by atoms with van der Waals surface area (Å²) in [5.74, 6) is 0.337. The maximum atomic E-state index is 13.4. The van der Waals surface area contributed by atoms with Crippen molar-refractivity contribution in [1.29, 1.82) is 0 Å². The smallest absolute Gasteiger partial charge is 0.410 e. The number of hydrogen-bond acceptors (Lipinski definition) is 5. The summed E-state index contributed by atoms with van der Waals surface area (Å²) < 4.78 is 29.8. The minimum Gasteiger partial charge on any atom is -0.493 e. The summed E-state index contributed by atoms with van der Waals surface area (Å²) in [6, 6.07) is 4.19. The highest BCUT2D eigenvalue weighted by Crippen LogP contribution is 2.36. The summed E-state index contributed by atoms with van der Waals surface area (Å²) in [6.07, 6.45) is 2.14. The van der Waals surface area contributed by atoms with E-state index in [9.17, 15) is 14.0 Å². The first-order valence-corrected chi connectivity index (χ1v) is 10.4. The highest BCUT2D eigenvalue weighted by molar-refractivity contribution is 5.80. The van der Waals surface area contributed by atoms with E-state index in [2.05, 4.69) is 5.32 Å². The van der Waals surface area contributed by atoms with Crippen molar-refractivity contribution in [3.05, 3.63) is 24.0 Å². The summed E-state index contributed by atoms with van der Waals surface area (Å²) in [5.41, 5.74) is -0.513. The Morgan fingerprint density at radius 2 is 1.80 bits per heavy atom. The van der Waals surface area contributed by atoms with Crippen molar-refractivity contribution >= 4 is 12.0 Å². The Kier molecular flexibility index (Phi) is 6.73. The predicted octanol–water partition coefficient (Wildman–Crippen LogP) is 3.51. The number of nitrogens with zero attached hydrogens (tertiary/aromatic N) is 1. The molecule has 2 aliphatic rings. The van der Waals surface area contributed by atoms with Crippen LogP contribution in [0.5, 0.6) is 11.5 Å². The number of carbonyl (C=O) groups is 2. The third-order valence-electron chi connectivity index (χ3n) is 5.38. The molecule has 3 rings (SSSR count). The molecule has 0 aromatic heterocycles. The zero-order valence-electron chi connectivity index (χ0n) is 18.1. The van der Waals surface area contributed by atoms with Crippen LogP contribution in [0.2, 0.25) is 0 Å². The molecule has 166 valence electrons. The van der Waals surface area contributed by atoms with Gasteiger partial charge in [-0.1, -0.05) is 0 Å². The molecule has 1 N–H and O–H groups in total. The monoisotopic (exact) mass is 422 g/mol. The second kappa shape index (κ2) is 9.10. The van der Waals surface area contributed by atoms with Crippen LogP contribution < -0.4 is 14.8 Å². The van der Waals surface area contributed by atoms with E-state index in [4.69, 9.17) is 14.2 Å². The summed E-state index contributed by atoms with van der Waals surface area (Å²) in [7, 11) is 1.51. The van der Waals surface area contributed by atoms with Crippen LogP contribution in [0.1, 0.15) is 46.5 Å².